The summed E-state index contributed by atoms with van der Waals surface area (Å²) in [6.07, 6.45) is 0. The quantitative estimate of drug-likeness (QED) is 0.822. The van der Waals surface area contributed by atoms with E-state index in [0.29, 0.717) is 0 Å². The molecule has 0 saturated carbocycles. The minimum Gasteiger partial charge on any atom is -0.352 e. The number of halogens is 1. The maximum absolute atomic E-state index is 11.9. The molecule has 1 amide bonds. The summed E-state index contributed by atoms with van der Waals surface area (Å²) in [6.45, 7) is 9.93. The van der Waals surface area contributed by atoms with Gasteiger partial charge in [0.25, 0.3) is 0 Å². The van der Waals surface area contributed by atoms with Crippen LogP contribution in [0.4, 0.5) is 0 Å². The largest absolute Gasteiger partial charge is 0.352 e. The van der Waals surface area contributed by atoms with Crippen molar-refractivity contribution in [1.29, 1.82) is 0 Å². The van der Waals surface area contributed by atoms with Crippen molar-refractivity contribution < 1.29 is 4.79 Å². The lowest BCUT2D eigenvalue weighted by molar-refractivity contribution is -0.121. The lowest BCUT2D eigenvalue weighted by Gasteiger charge is -2.16. The zero-order valence-electron chi connectivity index (χ0n) is 11.1. The molecule has 0 fully saturated rings. The number of amides is 1. The summed E-state index contributed by atoms with van der Waals surface area (Å²) in [5, 5.41) is 2.22. The van der Waals surface area contributed by atoms with Crippen molar-refractivity contribution in [2.24, 2.45) is 0 Å². The van der Waals surface area contributed by atoms with Crippen molar-refractivity contribution in [3.05, 3.63) is 34.4 Å². The molecular formula is C14H20ClNO. The van der Waals surface area contributed by atoms with E-state index in [9.17, 15) is 4.79 Å². The Bertz CT molecular complexity index is 426. The van der Waals surface area contributed by atoms with Crippen LogP contribution in [-0.4, -0.2) is 11.9 Å². The molecule has 1 aromatic carbocycles. The molecular weight excluding hydrogens is 234 g/mol. The molecule has 0 spiro atoms. The van der Waals surface area contributed by atoms with Crippen molar-refractivity contribution >= 4 is 17.5 Å². The molecule has 1 unspecified atom stereocenters. The van der Waals surface area contributed by atoms with Gasteiger partial charge in [-0.05, 0) is 56.9 Å². The lowest BCUT2D eigenvalue weighted by atomic mass is 9.98. The Kier molecular flexibility index (Phi) is 4.58. The molecule has 3 heteroatoms. The molecule has 17 heavy (non-hydrogen) atoms. The van der Waals surface area contributed by atoms with E-state index in [1.807, 2.05) is 33.8 Å². The predicted molar refractivity (Wildman–Crippen MR) is 72.5 cm³/mol. The number of carbonyl (C=O) groups excluding carboxylic acids is 1. The SMILES string of the molecule is Cc1cc(C)c(C(Cl)C(=O)NC(C)C)cc1C. The highest BCUT2D eigenvalue weighted by Gasteiger charge is 2.20. The topological polar surface area (TPSA) is 29.1 Å². The van der Waals surface area contributed by atoms with Gasteiger partial charge in [-0.1, -0.05) is 12.1 Å². The lowest BCUT2D eigenvalue weighted by Crippen LogP contribution is -2.33. The van der Waals surface area contributed by atoms with Crippen molar-refractivity contribution in [3.63, 3.8) is 0 Å². The van der Waals surface area contributed by atoms with Gasteiger partial charge in [-0.15, -0.1) is 11.6 Å². The molecule has 0 bridgehead atoms. The second-order valence-corrected chi connectivity index (χ2v) is 5.26. The smallest absolute Gasteiger partial charge is 0.242 e. The van der Waals surface area contributed by atoms with Gasteiger partial charge in [-0.2, -0.15) is 0 Å². The Morgan fingerprint density at radius 2 is 1.65 bits per heavy atom. The fourth-order valence-electron chi connectivity index (χ4n) is 1.75. The zero-order chi connectivity index (χ0) is 13.2. The van der Waals surface area contributed by atoms with Crippen LogP contribution in [0.5, 0.6) is 0 Å². The minimum absolute atomic E-state index is 0.107. The first-order chi connectivity index (χ1) is 7.82. The fraction of sp³-hybridized carbons (Fsp3) is 0.500. The van der Waals surface area contributed by atoms with Gasteiger partial charge in [-0.3, -0.25) is 4.79 Å². The second-order valence-electron chi connectivity index (χ2n) is 4.82. The number of hydrogen-bond acceptors (Lipinski definition) is 1. The van der Waals surface area contributed by atoms with E-state index in [4.69, 9.17) is 11.6 Å². The van der Waals surface area contributed by atoms with Gasteiger partial charge >= 0.3 is 0 Å². The first-order valence-electron chi connectivity index (χ1n) is 5.85. The molecule has 0 aliphatic rings. The van der Waals surface area contributed by atoms with Gasteiger partial charge in [0.1, 0.15) is 5.38 Å². The van der Waals surface area contributed by atoms with E-state index >= 15 is 0 Å². The number of benzene rings is 1. The van der Waals surface area contributed by atoms with E-state index in [1.54, 1.807) is 0 Å². The second kappa shape index (κ2) is 5.54. The number of rotatable bonds is 3. The van der Waals surface area contributed by atoms with Gasteiger partial charge in [0.2, 0.25) is 5.91 Å². The molecule has 1 aromatic rings. The van der Waals surface area contributed by atoms with Crippen molar-refractivity contribution in [2.45, 2.75) is 46.0 Å². The zero-order valence-corrected chi connectivity index (χ0v) is 11.9. The van der Waals surface area contributed by atoms with Gasteiger partial charge in [0.15, 0.2) is 0 Å². The Hall–Kier alpha value is -1.02. The summed E-state index contributed by atoms with van der Waals surface area (Å²) in [6, 6.07) is 4.18. The van der Waals surface area contributed by atoms with Gasteiger partial charge < -0.3 is 5.32 Å². The summed E-state index contributed by atoms with van der Waals surface area (Å²) in [7, 11) is 0. The Balaban J connectivity index is 3.00. The number of aryl methyl sites for hydroxylation is 3. The standard InChI is InChI=1S/C14H20ClNO/c1-8(2)16-14(17)13(15)12-7-10(4)9(3)6-11(12)5/h6-8,13H,1-5H3,(H,16,17). The molecule has 1 atom stereocenters. The van der Waals surface area contributed by atoms with E-state index in [2.05, 4.69) is 18.3 Å². The van der Waals surface area contributed by atoms with Gasteiger partial charge in [0, 0.05) is 6.04 Å². The highest BCUT2D eigenvalue weighted by Crippen LogP contribution is 2.26. The van der Waals surface area contributed by atoms with Crippen LogP contribution in [0.1, 0.15) is 41.5 Å². The molecule has 0 aliphatic carbocycles. The average molecular weight is 254 g/mol. The van der Waals surface area contributed by atoms with Crippen molar-refractivity contribution in [1.82, 2.24) is 5.32 Å². The van der Waals surface area contributed by atoms with E-state index in [-0.39, 0.29) is 11.9 Å². The van der Waals surface area contributed by atoms with Crippen LogP contribution in [0.2, 0.25) is 0 Å². The van der Waals surface area contributed by atoms with Crippen molar-refractivity contribution in [3.8, 4) is 0 Å². The molecule has 0 saturated heterocycles. The normalized spacial score (nSPS) is 12.6. The summed E-state index contributed by atoms with van der Waals surface area (Å²) < 4.78 is 0. The van der Waals surface area contributed by atoms with Crippen LogP contribution in [0.3, 0.4) is 0 Å². The molecule has 0 heterocycles. The molecule has 0 radical (unpaired) electrons. The third kappa shape index (κ3) is 3.47. The Morgan fingerprint density at radius 3 is 2.18 bits per heavy atom. The van der Waals surface area contributed by atoms with E-state index < -0.39 is 5.38 Å². The minimum atomic E-state index is -0.614. The number of alkyl halides is 1. The monoisotopic (exact) mass is 253 g/mol. The summed E-state index contributed by atoms with van der Waals surface area (Å²) in [5.41, 5.74) is 4.34. The van der Waals surface area contributed by atoms with E-state index in [0.717, 1.165) is 16.7 Å². The van der Waals surface area contributed by atoms with Crippen molar-refractivity contribution in [2.75, 3.05) is 0 Å². The van der Waals surface area contributed by atoms with Gasteiger partial charge in [-0.25, -0.2) is 0 Å². The fourth-order valence-corrected chi connectivity index (χ4v) is 2.05. The third-order valence-electron chi connectivity index (χ3n) is 2.82. The molecule has 0 aromatic heterocycles. The highest BCUT2D eigenvalue weighted by molar-refractivity contribution is 6.30. The first-order valence-corrected chi connectivity index (χ1v) is 6.28. The molecule has 1 rings (SSSR count). The third-order valence-corrected chi connectivity index (χ3v) is 3.25. The molecule has 2 nitrogen and oxygen atoms in total. The van der Waals surface area contributed by atoms with Crippen LogP contribution in [0.15, 0.2) is 12.1 Å². The maximum atomic E-state index is 11.9. The highest BCUT2D eigenvalue weighted by atomic mass is 35.5. The molecule has 1 N–H and O–H groups in total. The van der Waals surface area contributed by atoms with Crippen LogP contribution < -0.4 is 5.32 Å². The van der Waals surface area contributed by atoms with Crippen LogP contribution in [0.25, 0.3) is 0 Å². The van der Waals surface area contributed by atoms with Crippen LogP contribution >= 0.6 is 11.6 Å². The first kappa shape index (κ1) is 14.0. The number of carbonyl (C=O) groups is 1. The van der Waals surface area contributed by atoms with E-state index in [1.165, 1.54) is 5.56 Å². The predicted octanol–water partition coefficient (Wildman–Crippen LogP) is 3.42. The Morgan fingerprint density at radius 1 is 1.12 bits per heavy atom. The van der Waals surface area contributed by atoms with Crippen LogP contribution in [-0.2, 0) is 4.79 Å². The summed E-state index contributed by atoms with van der Waals surface area (Å²) >= 11 is 6.22. The summed E-state index contributed by atoms with van der Waals surface area (Å²) in [5.74, 6) is -0.131. The maximum Gasteiger partial charge on any atom is 0.242 e. The van der Waals surface area contributed by atoms with Crippen LogP contribution in [0, 0.1) is 20.8 Å². The average Bonchev–Trinajstić information content (AvgIpc) is 2.21. The Labute approximate surface area is 108 Å². The molecule has 0 aliphatic heterocycles. The van der Waals surface area contributed by atoms with Gasteiger partial charge in [0.05, 0.1) is 0 Å². The number of hydrogen-bond donors (Lipinski definition) is 1. The summed E-state index contributed by atoms with van der Waals surface area (Å²) in [4.78, 5) is 11.9. The molecule has 94 valence electrons. The number of nitrogens with one attached hydrogen (secondary N) is 1.